The highest BCUT2D eigenvalue weighted by Crippen LogP contribution is 2.37. The van der Waals surface area contributed by atoms with Crippen molar-refractivity contribution in [3.8, 4) is 51.3 Å². The van der Waals surface area contributed by atoms with Crippen LogP contribution in [0.5, 0.6) is 0 Å². The average molecular weight is 642 g/mol. The number of fused-ring (bicyclic) bond motifs is 6. The molecule has 6 heteroatoms. The van der Waals surface area contributed by atoms with Crippen LogP contribution in [0.25, 0.3) is 95.0 Å². The van der Waals surface area contributed by atoms with Gasteiger partial charge in [0.05, 0.1) is 11.0 Å². The monoisotopic (exact) mass is 641 g/mol. The third kappa shape index (κ3) is 4.58. The molecular formula is C44H27N5O. The highest BCUT2D eigenvalue weighted by molar-refractivity contribution is 6.11. The molecule has 50 heavy (non-hydrogen) atoms. The zero-order valence-electron chi connectivity index (χ0n) is 26.7. The highest BCUT2D eigenvalue weighted by Gasteiger charge is 2.19. The van der Waals surface area contributed by atoms with Gasteiger partial charge in [-0.1, -0.05) is 121 Å². The number of benzene rings is 7. The third-order valence-corrected chi connectivity index (χ3v) is 9.27. The summed E-state index contributed by atoms with van der Waals surface area (Å²) in [6, 6.07) is 55.8. The number of oxazole rings is 1. The first-order valence-corrected chi connectivity index (χ1v) is 16.6. The molecule has 0 saturated heterocycles. The predicted octanol–water partition coefficient (Wildman–Crippen LogP) is 10.9. The summed E-state index contributed by atoms with van der Waals surface area (Å²) in [5, 5.41) is 4.36. The maximum atomic E-state index is 6.50. The summed E-state index contributed by atoms with van der Waals surface area (Å²) in [5.41, 5.74) is 8.38. The van der Waals surface area contributed by atoms with E-state index < -0.39 is 0 Å². The molecule has 0 fully saturated rings. The quantitative estimate of drug-likeness (QED) is 0.187. The fraction of sp³-hybridized carbons (Fsp3) is 0. The molecule has 234 valence electrons. The summed E-state index contributed by atoms with van der Waals surface area (Å²) in [6.07, 6.45) is 0. The largest absolute Gasteiger partial charge is 0.435 e. The van der Waals surface area contributed by atoms with E-state index in [-0.39, 0.29) is 0 Å². The van der Waals surface area contributed by atoms with Crippen LogP contribution in [0.2, 0.25) is 0 Å². The van der Waals surface area contributed by atoms with Crippen LogP contribution in [0.4, 0.5) is 0 Å². The average Bonchev–Trinajstić information content (AvgIpc) is 3.78. The molecule has 3 heterocycles. The third-order valence-electron chi connectivity index (χ3n) is 9.27. The second-order valence-corrected chi connectivity index (χ2v) is 12.3. The van der Waals surface area contributed by atoms with Crippen molar-refractivity contribution in [2.45, 2.75) is 0 Å². The van der Waals surface area contributed by atoms with Crippen molar-refractivity contribution in [3.63, 3.8) is 0 Å². The van der Waals surface area contributed by atoms with Gasteiger partial charge in [0.1, 0.15) is 5.52 Å². The minimum Gasteiger partial charge on any atom is -0.435 e. The molecule has 0 radical (unpaired) electrons. The first kappa shape index (κ1) is 28.1. The lowest BCUT2D eigenvalue weighted by Crippen LogP contribution is -2.01. The van der Waals surface area contributed by atoms with E-state index in [2.05, 4.69) is 95.6 Å². The second kappa shape index (κ2) is 11.4. The molecule has 10 rings (SSSR count). The number of hydrogen-bond acceptors (Lipinski definition) is 5. The first-order chi connectivity index (χ1) is 24.8. The van der Waals surface area contributed by atoms with Crippen LogP contribution >= 0.6 is 0 Å². The molecule has 6 nitrogen and oxygen atoms in total. The molecule has 0 unspecified atom stereocenters. The Hall–Kier alpha value is -6.92. The number of rotatable bonds is 5. The second-order valence-electron chi connectivity index (χ2n) is 12.3. The van der Waals surface area contributed by atoms with Crippen LogP contribution in [-0.2, 0) is 0 Å². The van der Waals surface area contributed by atoms with Crippen molar-refractivity contribution < 1.29 is 4.42 Å². The minimum absolute atomic E-state index is 0.562. The highest BCUT2D eigenvalue weighted by atomic mass is 16.3. The van der Waals surface area contributed by atoms with Crippen LogP contribution in [0.15, 0.2) is 168 Å². The molecule has 0 aliphatic rings. The Kier molecular flexibility index (Phi) is 6.39. The van der Waals surface area contributed by atoms with Gasteiger partial charge in [-0.3, -0.25) is 0 Å². The predicted molar refractivity (Wildman–Crippen MR) is 201 cm³/mol. The fourth-order valence-corrected chi connectivity index (χ4v) is 6.97. The van der Waals surface area contributed by atoms with Crippen LogP contribution in [0, 0.1) is 0 Å². The Bertz CT molecular complexity index is 2820. The Morgan fingerprint density at radius 3 is 1.78 bits per heavy atom. The van der Waals surface area contributed by atoms with Gasteiger partial charge in [-0.05, 0) is 47.9 Å². The number of hydrogen-bond donors (Lipinski definition) is 0. The van der Waals surface area contributed by atoms with Crippen molar-refractivity contribution in [1.29, 1.82) is 0 Å². The van der Waals surface area contributed by atoms with Gasteiger partial charge in [0.15, 0.2) is 23.1 Å². The summed E-state index contributed by atoms with van der Waals surface area (Å²) < 4.78 is 8.81. The van der Waals surface area contributed by atoms with E-state index in [1.165, 1.54) is 10.8 Å². The van der Waals surface area contributed by atoms with E-state index in [1.54, 1.807) is 0 Å². The molecule has 7 aromatic carbocycles. The van der Waals surface area contributed by atoms with Gasteiger partial charge in [-0.2, -0.15) is 0 Å². The van der Waals surface area contributed by atoms with Crippen molar-refractivity contribution in [2.75, 3.05) is 0 Å². The van der Waals surface area contributed by atoms with Gasteiger partial charge >= 0.3 is 0 Å². The van der Waals surface area contributed by atoms with Gasteiger partial charge < -0.3 is 8.98 Å². The summed E-state index contributed by atoms with van der Waals surface area (Å²) in [4.78, 5) is 20.2. The Morgan fingerprint density at radius 1 is 0.440 bits per heavy atom. The fourth-order valence-electron chi connectivity index (χ4n) is 6.97. The molecule has 0 N–H and O–H groups in total. The van der Waals surface area contributed by atoms with Crippen molar-refractivity contribution in [2.24, 2.45) is 0 Å². The molecule has 0 spiro atoms. The normalized spacial score (nSPS) is 11.6. The summed E-state index contributed by atoms with van der Waals surface area (Å²) in [7, 11) is 0. The Morgan fingerprint density at radius 2 is 1.04 bits per heavy atom. The van der Waals surface area contributed by atoms with Gasteiger partial charge in [-0.25, -0.2) is 19.9 Å². The lowest BCUT2D eigenvalue weighted by atomic mass is 10.0. The standard InChI is InChI=1S/C44H27N5O/c1-3-13-29(14-4-1)41-46-42(31-18-11-19-32(27-31)49-37-23-9-7-20-33(37)34-21-8-10-24-38(34)49)48-43(47-41)35-22-12-17-28-25-26-36-40(39(28)35)50-44(45-36)30-15-5-2-6-16-30/h1-27H. The molecular weight excluding hydrogens is 615 g/mol. The van der Waals surface area contributed by atoms with Crippen LogP contribution in [-0.4, -0.2) is 24.5 Å². The van der Waals surface area contributed by atoms with Gasteiger partial charge in [0, 0.05) is 44.1 Å². The molecule has 0 aliphatic carbocycles. The molecule has 10 aromatic rings. The Balaban J connectivity index is 1.19. The lowest BCUT2D eigenvalue weighted by molar-refractivity contribution is 0.623. The summed E-state index contributed by atoms with van der Waals surface area (Å²) >= 11 is 0. The van der Waals surface area contributed by atoms with E-state index in [0.29, 0.717) is 28.9 Å². The maximum absolute atomic E-state index is 6.50. The zero-order valence-corrected chi connectivity index (χ0v) is 26.7. The van der Waals surface area contributed by atoms with Crippen molar-refractivity contribution in [3.05, 3.63) is 164 Å². The lowest BCUT2D eigenvalue weighted by Gasteiger charge is -2.12. The van der Waals surface area contributed by atoms with Gasteiger partial charge in [-0.15, -0.1) is 0 Å². The number of para-hydroxylation sites is 2. The van der Waals surface area contributed by atoms with E-state index in [4.69, 9.17) is 24.4 Å². The maximum Gasteiger partial charge on any atom is 0.227 e. The van der Waals surface area contributed by atoms with Crippen LogP contribution < -0.4 is 0 Å². The summed E-state index contributed by atoms with van der Waals surface area (Å²) in [5.74, 6) is 2.32. The zero-order chi connectivity index (χ0) is 33.0. The van der Waals surface area contributed by atoms with Gasteiger partial charge in [0.2, 0.25) is 5.89 Å². The van der Waals surface area contributed by atoms with E-state index in [1.807, 2.05) is 72.8 Å². The number of nitrogens with zero attached hydrogens (tertiary/aromatic N) is 5. The summed E-state index contributed by atoms with van der Waals surface area (Å²) in [6.45, 7) is 0. The Labute approximate surface area is 287 Å². The first-order valence-electron chi connectivity index (χ1n) is 16.6. The molecule has 0 amide bonds. The molecule has 0 bridgehead atoms. The SMILES string of the molecule is c1ccc(-c2nc(-c3cccc(-n4c5ccccc5c5ccccc54)c3)nc(-c3cccc4ccc5nc(-c6ccccc6)oc5c34)n2)cc1. The van der Waals surface area contributed by atoms with E-state index >= 15 is 0 Å². The number of aromatic nitrogens is 5. The smallest absolute Gasteiger partial charge is 0.227 e. The van der Waals surface area contributed by atoms with Gasteiger partial charge in [0.25, 0.3) is 0 Å². The van der Waals surface area contributed by atoms with Crippen molar-refractivity contribution >= 4 is 43.7 Å². The van der Waals surface area contributed by atoms with Crippen LogP contribution in [0.1, 0.15) is 0 Å². The molecule has 0 atom stereocenters. The van der Waals surface area contributed by atoms with Crippen molar-refractivity contribution in [1.82, 2.24) is 24.5 Å². The van der Waals surface area contributed by atoms with Crippen LogP contribution in [0.3, 0.4) is 0 Å². The molecule has 0 aliphatic heterocycles. The molecule has 0 saturated carbocycles. The minimum atomic E-state index is 0.562. The topological polar surface area (TPSA) is 69.6 Å². The molecule has 3 aromatic heterocycles. The van der Waals surface area contributed by atoms with E-state index in [0.717, 1.165) is 55.3 Å². The van der Waals surface area contributed by atoms with E-state index in [9.17, 15) is 0 Å².